The maximum absolute atomic E-state index is 11.3. The van der Waals surface area contributed by atoms with Crippen molar-refractivity contribution in [1.29, 1.82) is 0 Å². The van der Waals surface area contributed by atoms with Gasteiger partial charge in [-0.3, -0.25) is 0 Å². The molecule has 0 amide bonds. The molecule has 0 aliphatic carbocycles. The molecule has 0 unspecified atom stereocenters. The molecule has 1 aromatic heterocycles. The number of sulfonamides is 1. The van der Waals surface area contributed by atoms with Gasteiger partial charge in [0.15, 0.2) is 6.61 Å². The Bertz CT molecular complexity index is 745. The normalized spacial score (nSPS) is 11.6. The molecule has 0 atom stereocenters. The molecule has 2 aromatic rings. The SMILES string of the molecule is Cc1nnc(COc2ccc(S(N)(=O)=O)c(Cl)c2Cl)o1. The highest BCUT2D eigenvalue weighted by atomic mass is 35.5. The molecule has 2 rings (SSSR count). The number of aromatic nitrogens is 2. The number of hydrogen-bond acceptors (Lipinski definition) is 6. The van der Waals surface area contributed by atoms with E-state index in [-0.39, 0.29) is 33.2 Å². The summed E-state index contributed by atoms with van der Waals surface area (Å²) in [6.45, 7) is 1.62. The molecule has 10 heteroatoms. The van der Waals surface area contributed by atoms with Crippen molar-refractivity contribution >= 4 is 33.2 Å². The summed E-state index contributed by atoms with van der Waals surface area (Å²) in [4.78, 5) is -0.273. The van der Waals surface area contributed by atoms with E-state index in [1.807, 2.05) is 0 Å². The second-order valence-corrected chi connectivity index (χ2v) is 6.02. The highest BCUT2D eigenvalue weighted by molar-refractivity contribution is 7.89. The molecule has 0 fully saturated rings. The minimum atomic E-state index is -3.95. The molecule has 0 saturated carbocycles. The van der Waals surface area contributed by atoms with E-state index < -0.39 is 10.0 Å². The van der Waals surface area contributed by atoms with Gasteiger partial charge in [-0.05, 0) is 12.1 Å². The quantitative estimate of drug-likeness (QED) is 0.912. The molecule has 0 spiro atoms. The number of nitrogens with zero attached hydrogens (tertiary/aromatic N) is 2. The summed E-state index contributed by atoms with van der Waals surface area (Å²) in [5.41, 5.74) is 0. The van der Waals surface area contributed by atoms with Gasteiger partial charge in [0, 0.05) is 6.92 Å². The minimum Gasteiger partial charge on any atom is -0.482 e. The summed E-state index contributed by atoms with van der Waals surface area (Å²) in [7, 11) is -3.95. The number of rotatable bonds is 4. The number of benzene rings is 1. The Hall–Kier alpha value is -1.35. The van der Waals surface area contributed by atoms with Crippen LogP contribution in [0.1, 0.15) is 11.8 Å². The summed E-state index contributed by atoms with van der Waals surface area (Å²) in [6, 6.07) is 2.55. The van der Waals surface area contributed by atoms with Gasteiger partial charge in [-0.15, -0.1) is 10.2 Å². The Morgan fingerprint density at radius 2 is 2.00 bits per heavy atom. The Kier molecular flexibility index (Phi) is 4.19. The van der Waals surface area contributed by atoms with Gasteiger partial charge in [0.2, 0.25) is 15.9 Å². The average Bonchev–Trinajstić information content (AvgIpc) is 2.75. The number of nitrogens with two attached hydrogens (primary N) is 1. The summed E-state index contributed by atoms with van der Waals surface area (Å²) >= 11 is 11.8. The predicted molar refractivity (Wildman–Crippen MR) is 71.2 cm³/mol. The van der Waals surface area contributed by atoms with Crippen molar-refractivity contribution in [2.75, 3.05) is 0 Å². The molecule has 2 N–H and O–H groups in total. The number of aryl methyl sites for hydroxylation is 1. The standard InChI is InChI=1S/C10H9Cl2N3O4S/c1-5-14-15-8(19-5)4-18-6-2-3-7(20(13,16)17)10(12)9(6)11/h2-3H,4H2,1H3,(H2,13,16,17). The van der Waals surface area contributed by atoms with E-state index in [0.717, 1.165) is 0 Å². The molecular weight excluding hydrogens is 329 g/mol. The molecule has 1 aromatic carbocycles. The van der Waals surface area contributed by atoms with E-state index in [1.165, 1.54) is 12.1 Å². The third-order valence-corrected chi connectivity index (χ3v) is 4.17. The fourth-order valence-electron chi connectivity index (χ4n) is 1.38. The van der Waals surface area contributed by atoms with Gasteiger partial charge in [0.05, 0.1) is 5.02 Å². The third-order valence-electron chi connectivity index (χ3n) is 2.24. The zero-order chi connectivity index (χ0) is 14.9. The van der Waals surface area contributed by atoms with E-state index in [0.29, 0.717) is 5.89 Å². The lowest BCUT2D eigenvalue weighted by molar-refractivity contribution is 0.260. The molecule has 0 radical (unpaired) electrons. The van der Waals surface area contributed by atoms with Crippen molar-refractivity contribution in [1.82, 2.24) is 10.2 Å². The summed E-state index contributed by atoms with van der Waals surface area (Å²) in [5, 5.41) is 12.1. The van der Waals surface area contributed by atoms with Crippen LogP contribution >= 0.6 is 23.2 Å². The van der Waals surface area contributed by atoms with E-state index in [1.54, 1.807) is 6.92 Å². The van der Waals surface area contributed by atoms with E-state index >= 15 is 0 Å². The first-order valence-electron chi connectivity index (χ1n) is 5.21. The minimum absolute atomic E-state index is 0.0222. The zero-order valence-corrected chi connectivity index (χ0v) is 12.5. The summed E-state index contributed by atoms with van der Waals surface area (Å²) in [5.74, 6) is 0.836. The second kappa shape index (κ2) is 5.57. The lowest BCUT2D eigenvalue weighted by atomic mass is 10.3. The van der Waals surface area contributed by atoms with Gasteiger partial charge in [0.25, 0.3) is 5.89 Å². The van der Waals surface area contributed by atoms with Crippen molar-refractivity contribution in [2.24, 2.45) is 5.14 Å². The highest BCUT2D eigenvalue weighted by Crippen LogP contribution is 2.36. The van der Waals surface area contributed by atoms with Crippen LogP contribution in [0.2, 0.25) is 10.0 Å². The van der Waals surface area contributed by atoms with Crippen LogP contribution in [0.5, 0.6) is 5.75 Å². The number of primary sulfonamides is 1. The van der Waals surface area contributed by atoms with Crippen molar-refractivity contribution in [3.8, 4) is 5.75 Å². The van der Waals surface area contributed by atoms with E-state index in [2.05, 4.69) is 10.2 Å². The highest BCUT2D eigenvalue weighted by Gasteiger charge is 2.19. The van der Waals surface area contributed by atoms with E-state index in [9.17, 15) is 8.42 Å². The van der Waals surface area contributed by atoms with E-state index in [4.69, 9.17) is 37.5 Å². The molecule has 7 nitrogen and oxygen atoms in total. The fraction of sp³-hybridized carbons (Fsp3) is 0.200. The molecular formula is C10H9Cl2N3O4S. The molecule has 108 valence electrons. The second-order valence-electron chi connectivity index (χ2n) is 3.74. The Morgan fingerprint density at radius 3 is 2.55 bits per heavy atom. The van der Waals surface area contributed by atoms with Crippen molar-refractivity contribution < 1.29 is 17.6 Å². The predicted octanol–water partition coefficient (Wildman–Crippen LogP) is 1.91. The van der Waals surface area contributed by atoms with Crippen LogP contribution in [0.15, 0.2) is 21.4 Å². The van der Waals surface area contributed by atoms with Crippen LogP contribution in [-0.4, -0.2) is 18.6 Å². The smallest absolute Gasteiger partial charge is 0.253 e. The average molecular weight is 338 g/mol. The monoisotopic (exact) mass is 337 g/mol. The van der Waals surface area contributed by atoms with Crippen LogP contribution in [0.4, 0.5) is 0 Å². The lowest BCUT2D eigenvalue weighted by Gasteiger charge is -2.09. The van der Waals surface area contributed by atoms with Gasteiger partial charge < -0.3 is 9.15 Å². The third kappa shape index (κ3) is 3.21. The van der Waals surface area contributed by atoms with Crippen LogP contribution in [0.25, 0.3) is 0 Å². The molecule has 1 heterocycles. The summed E-state index contributed by atoms with van der Waals surface area (Å²) in [6.07, 6.45) is 0. The molecule has 0 aliphatic rings. The Morgan fingerprint density at radius 1 is 1.30 bits per heavy atom. The molecule has 20 heavy (non-hydrogen) atoms. The van der Waals surface area contributed by atoms with Gasteiger partial charge in [-0.1, -0.05) is 23.2 Å². The van der Waals surface area contributed by atoms with Crippen LogP contribution in [0.3, 0.4) is 0 Å². The number of ether oxygens (including phenoxy) is 1. The fourth-order valence-corrected chi connectivity index (χ4v) is 2.74. The van der Waals surface area contributed by atoms with Gasteiger partial charge in [-0.25, -0.2) is 13.6 Å². The molecule has 0 aliphatic heterocycles. The first kappa shape index (κ1) is 15.0. The van der Waals surface area contributed by atoms with Gasteiger partial charge in [-0.2, -0.15) is 0 Å². The van der Waals surface area contributed by atoms with Crippen LogP contribution in [-0.2, 0) is 16.6 Å². The number of hydrogen-bond donors (Lipinski definition) is 1. The molecule has 0 bridgehead atoms. The molecule has 0 saturated heterocycles. The number of halogens is 2. The Labute approximate surface area is 124 Å². The lowest BCUT2D eigenvalue weighted by Crippen LogP contribution is -2.13. The van der Waals surface area contributed by atoms with Crippen LogP contribution < -0.4 is 9.88 Å². The van der Waals surface area contributed by atoms with Crippen LogP contribution in [0, 0.1) is 6.92 Å². The first-order valence-corrected chi connectivity index (χ1v) is 7.52. The van der Waals surface area contributed by atoms with Gasteiger partial charge >= 0.3 is 0 Å². The van der Waals surface area contributed by atoms with Gasteiger partial charge in [0.1, 0.15) is 15.7 Å². The zero-order valence-electron chi connectivity index (χ0n) is 10.1. The van der Waals surface area contributed by atoms with Crippen molar-refractivity contribution in [3.63, 3.8) is 0 Å². The van der Waals surface area contributed by atoms with Crippen molar-refractivity contribution in [3.05, 3.63) is 34.0 Å². The van der Waals surface area contributed by atoms with Crippen molar-refractivity contribution in [2.45, 2.75) is 18.4 Å². The maximum atomic E-state index is 11.3. The first-order chi connectivity index (χ1) is 9.29. The largest absolute Gasteiger partial charge is 0.482 e. The summed E-state index contributed by atoms with van der Waals surface area (Å²) < 4.78 is 33.0. The maximum Gasteiger partial charge on any atom is 0.253 e. The topological polar surface area (TPSA) is 108 Å². The Balaban J connectivity index is 2.24.